The number of hydrogen-bond donors (Lipinski definition) is 2. The lowest BCUT2D eigenvalue weighted by atomic mass is 9.86. The number of hydrogen-bond acceptors (Lipinski definition) is 7. The van der Waals surface area contributed by atoms with E-state index >= 15 is 0 Å². The number of piperidine rings is 1. The number of carboxylic acid groups (broad SMARTS) is 1. The van der Waals surface area contributed by atoms with Gasteiger partial charge in [-0.05, 0) is 31.2 Å². The maximum atomic E-state index is 14.5. The lowest BCUT2D eigenvalue weighted by Crippen LogP contribution is -2.60. The highest BCUT2D eigenvalue weighted by atomic mass is 35.5. The van der Waals surface area contributed by atoms with Gasteiger partial charge in [-0.15, -0.1) is 0 Å². The Hall–Kier alpha value is -3.99. The van der Waals surface area contributed by atoms with Gasteiger partial charge in [0, 0.05) is 30.8 Å². The topological polar surface area (TPSA) is 114 Å². The zero-order chi connectivity index (χ0) is 26.9. The van der Waals surface area contributed by atoms with E-state index in [9.17, 15) is 23.5 Å². The van der Waals surface area contributed by atoms with Crippen molar-refractivity contribution in [2.45, 2.75) is 31.4 Å². The minimum atomic E-state index is -1.51. The zero-order valence-electron chi connectivity index (χ0n) is 19.9. The van der Waals surface area contributed by atoms with E-state index in [4.69, 9.17) is 21.1 Å². The molecule has 37 heavy (non-hydrogen) atoms. The number of carboxylic acids is 1. The van der Waals surface area contributed by atoms with Gasteiger partial charge < -0.3 is 24.8 Å². The third kappa shape index (κ3) is 4.86. The Labute approximate surface area is 215 Å². The van der Waals surface area contributed by atoms with Crippen LogP contribution in [0.3, 0.4) is 0 Å². The summed E-state index contributed by atoms with van der Waals surface area (Å²) >= 11 is 5.69. The van der Waals surface area contributed by atoms with Gasteiger partial charge in [0.2, 0.25) is 5.91 Å². The average Bonchev–Trinajstić information content (AvgIpc) is 2.88. The van der Waals surface area contributed by atoms with Crippen molar-refractivity contribution in [3.63, 3.8) is 0 Å². The number of benzene rings is 2. The van der Waals surface area contributed by atoms with Crippen LogP contribution < -0.4 is 14.8 Å². The van der Waals surface area contributed by atoms with Crippen molar-refractivity contribution in [2.24, 2.45) is 0 Å². The van der Waals surface area contributed by atoms with Crippen LogP contribution in [0.1, 0.15) is 19.8 Å². The molecule has 2 N–H and O–H groups in total. The Morgan fingerprint density at radius 3 is 2.73 bits per heavy atom. The number of carbonyl (C=O) groups excluding carboxylic acids is 1. The van der Waals surface area contributed by atoms with E-state index in [0.717, 1.165) is 12.1 Å². The van der Waals surface area contributed by atoms with Crippen LogP contribution >= 0.6 is 11.6 Å². The molecular formula is C25H23ClF2N4O5. The summed E-state index contributed by atoms with van der Waals surface area (Å²) in [5.74, 6) is -2.73. The summed E-state index contributed by atoms with van der Waals surface area (Å²) in [6.45, 7) is 5.06. The van der Waals surface area contributed by atoms with Gasteiger partial charge in [-0.1, -0.05) is 18.2 Å². The zero-order valence-corrected chi connectivity index (χ0v) is 20.7. The van der Waals surface area contributed by atoms with Crippen LogP contribution in [0.4, 0.5) is 20.3 Å². The molecule has 1 amide bonds. The van der Waals surface area contributed by atoms with E-state index in [2.05, 4.69) is 21.9 Å². The van der Waals surface area contributed by atoms with Gasteiger partial charge >= 0.3 is 5.97 Å². The minimum absolute atomic E-state index is 0.0127. The van der Waals surface area contributed by atoms with Crippen LogP contribution in [0, 0.1) is 11.6 Å². The van der Waals surface area contributed by atoms with Crippen molar-refractivity contribution in [1.82, 2.24) is 14.9 Å². The predicted molar refractivity (Wildman–Crippen MR) is 132 cm³/mol. The molecule has 12 heteroatoms. The number of nitrogens with one attached hydrogen (secondary N) is 1. The Kier molecular flexibility index (Phi) is 7.17. The van der Waals surface area contributed by atoms with Gasteiger partial charge in [-0.2, -0.15) is 0 Å². The molecule has 0 radical (unpaired) electrons. The van der Waals surface area contributed by atoms with Crippen molar-refractivity contribution < 1.29 is 33.0 Å². The molecule has 0 unspecified atom stereocenters. The molecule has 4 rings (SSSR count). The van der Waals surface area contributed by atoms with E-state index in [1.165, 1.54) is 31.3 Å². The summed E-state index contributed by atoms with van der Waals surface area (Å²) in [5, 5.41) is 12.4. The molecule has 0 aliphatic carbocycles. The summed E-state index contributed by atoms with van der Waals surface area (Å²) in [5.41, 5.74) is -1.16. The van der Waals surface area contributed by atoms with Crippen LogP contribution in [-0.4, -0.2) is 57.1 Å². The van der Waals surface area contributed by atoms with E-state index in [1.54, 1.807) is 12.1 Å². The number of nitrogens with zero attached hydrogens (tertiary/aromatic N) is 3. The SMILES string of the molecule is C=CC(=O)N1CC[C@H](Oc2cc3c(Nc4ccc(F)c(Cl)c4F)ncnc3cc2OC)C[C@@]1(C)C(=O)O. The number of amides is 1. The number of methoxy groups -OCH3 is 1. The monoisotopic (exact) mass is 532 g/mol. The number of aliphatic carboxylic acids is 1. The molecule has 9 nitrogen and oxygen atoms in total. The molecule has 0 bridgehead atoms. The number of aromatic nitrogens is 2. The molecular weight excluding hydrogens is 510 g/mol. The Bertz CT molecular complexity index is 1410. The van der Waals surface area contributed by atoms with Crippen LogP contribution in [0.15, 0.2) is 43.2 Å². The number of likely N-dealkylation sites (tertiary alicyclic amines) is 1. The Balaban J connectivity index is 1.69. The second kappa shape index (κ2) is 10.2. The van der Waals surface area contributed by atoms with Crippen LogP contribution in [0.25, 0.3) is 10.9 Å². The largest absolute Gasteiger partial charge is 0.493 e. The Morgan fingerprint density at radius 2 is 2.05 bits per heavy atom. The fraction of sp³-hybridized carbons (Fsp3) is 0.280. The standard InChI is InChI=1S/C25H23ClF2N4O5/c1-4-20(33)32-8-7-13(11-25(32,2)24(34)35)37-19-9-14-17(10-18(19)36-3)29-12-30-23(14)31-16-6-5-15(27)21(26)22(16)28/h4-6,9-10,12-13H,1,7-8,11H2,2-3H3,(H,34,35)(H,29,30,31)/t13-,25-/m0/s1. The van der Waals surface area contributed by atoms with Gasteiger partial charge in [-0.3, -0.25) is 4.79 Å². The van der Waals surface area contributed by atoms with Crippen molar-refractivity contribution in [3.8, 4) is 11.5 Å². The number of ether oxygens (including phenoxy) is 2. The predicted octanol–water partition coefficient (Wildman–Crippen LogP) is 4.71. The highest BCUT2D eigenvalue weighted by Crippen LogP contribution is 2.38. The van der Waals surface area contributed by atoms with Gasteiger partial charge in [0.1, 0.15) is 34.6 Å². The third-order valence-electron chi connectivity index (χ3n) is 6.30. The second-order valence-corrected chi connectivity index (χ2v) is 8.97. The van der Waals surface area contributed by atoms with Crippen molar-refractivity contribution in [1.29, 1.82) is 0 Å². The first-order chi connectivity index (χ1) is 17.6. The molecule has 2 aromatic carbocycles. The first-order valence-corrected chi connectivity index (χ1v) is 11.5. The second-order valence-electron chi connectivity index (χ2n) is 8.60. The van der Waals surface area contributed by atoms with Crippen LogP contribution in [0.2, 0.25) is 5.02 Å². The molecule has 1 fully saturated rings. The van der Waals surface area contributed by atoms with Crippen molar-refractivity contribution >= 4 is 45.9 Å². The average molecular weight is 533 g/mol. The summed E-state index contributed by atoms with van der Waals surface area (Å²) < 4.78 is 39.7. The van der Waals surface area contributed by atoms with Crippen LogP contribution in [-0.2, 0) is 9.59 Å². The fourth-order valence-corrected chi connectivity index (χ4v) is 4.45. The Morgan fingerprint density at radius 1 is 1.30 bits per heavy atom. The number of rotatable bonds is 7. The van der Waals surface area contributed by atoms with Crippen molar-refractivity contribution in [2.75, 3.05) is 19.0 Å². The highest BCUT2D eigenvalue weighted by molar-refractivity contribution is 6.31. The molecule has 1 aliphatic heterocycles. The first kappa shape index (κ1) is 26.1. The maximum absolute atomic E-state index is 14.5. The molecule has 2 heterocycles. The van der Waals surface area contributed by atoms with Crippen LogP contribution in [0.5, 0.6) is 11.5 Å². The summed E-state index contributed by atoms with van der Waals surface area (Å²) in [6, 6.07) is 5.39. The van der Waals surface area contributed by atoms with Gasteiger partial charge in [0.05, 0.1) is 18.3 Å². The fourth-order valence-electron chi connectivity index (χ4n) is 4.29. The number of anilines is 2. The molecule has 2 atom stereocenters. The lowest BCUT2D eigenvalue weighted by molar-refractivity contribution is -0.161. The molecule has 0 saturated carbocycles. The molecule has 194 valence electrons. The normalized spacial score (nSPS) is 19.4. The molecule has 3 aromatic rings. The first-order valence-electron chi connectivity index (χ1n) is 11.2. The molecule has 1 aromatic heterocycles. The smallest absolute Gasteiger partial charge is 0.329 e. The molecule has 1 saturated heterocycles. The summed E-state index contributed by atoms with van der Waals surface area (Å²) in [7, 11) is 1.44. The number of carbonyl (C=O) groups is 2. The van der Waals surface area contributed by atoms with Gasteiger partial charge in [0.25, 0.3) is 0 Å². The molecule has 0 spiro atoms. The third-order valence-corrected chi connectivity index (χ3v) is 6.65. The van der Waals surface area contributed by atoms with E-state index in [1.807, 2.05) is 0 Å². The van der Waals surface area contributed by atoms with E-state index in [0.29, 0.717) is 23.1 Å². The summed E-state index contributed by atoms with van der Waals surface area (Å²) in [4.78, 5) is 34.0. The number of halogens is 3. The maximum Gasteiger partial charge on any atom is 0.329 e. The molecule has 1 aliphatic rings. The highest BCUT2D eigenvalue weighted by Gasteiger charge is 2.47. The summed E-state index contributed by atoms with van der Waals surface area (Å²) in [6.07, 6.45) is 2.15. The van der Waals surface area contributed by atoms with E-state index < -0.39 is 40.2 Å². The van der Waals surface area contributed by atoms with Gasteiger partial charge in [-0.25, -0.2) is 23.5 Å². The van der Waals surface area contributed by atoms with Crippen molar-refractivity contribution in [3.05, 3.63) is 59.9 Å². The van der Waals surface area contributed by atoms with Gasteiger partial charge in [0.15, 0.2) is 17.3 Å². The number of fused-ring (bicyclic) bond motifs is 1. The quantitative estimate of drug-likeness (QED) is 0.332. The lowest BCUT2D eigenvalue weighted by Gasteiger charge is -2.44. The van der Waals surface area contributed by atoms with E-state index in [-0.39, 0.29) is 30.2 Å². The minimum Gasteiger partial charge on any atom is -0.493 e.